The standard InChI is InChI=1S/C21H15ClF4N4O/c1-12-2-5-14(22)10-17(12)28-19-16(8-9-18(29-19)21(24,25)26)20(31)30-27-11-13-3-6-15(23)7-4-13/h2-11H,1H3,(H,28,29)(H,30,31)/b27-11+. The number of rotatable bonds is 5. The lowest BCUT2D eigenvalue weighted by molar-refractivity contribution is -0.141. The first-order valence-corrected chi connectivity index (χ1v) is 9.21. The Labute approximate surface area is 179 Å². The van der Waals surface area contributed by atoms with Gasteiger partial charge in [-0.15, -0.1) is 0 Å². The van der Waals surface area contributed by atoms with Crippen molar-refractivity contribution in [1.82, 2.24) is 10.4 Å². The Balaban J connectivity index is 1.89. The second kappa shape index (κ2) is 9.13. The molecule has 3 rings (SSSR count). The van der Waals surface area contributed by atoms with Crippen LogP contribution in [-0.4, -0.2) is 17.1 Å². The van der Waals surface area contributed by atoms with Crippen molar-refractivity contribution in [3.8, 4) is 0 Å². The third-order valence-electron chi connectivity index (χ3n) is 4.13. The maximum absolute atomic E-state index is 13.1. The van der Waals surface area contributed by atoms with Crippen molar-refractivity contribution in [2.45, 2.75) is 13.1 Å². The van der Waals surface area contributed by atoms with E-state index in [9.17, 15) is 22.4 Å². The fraction of sp³-hybridized carbons (Fsp3) is 0.0952. The molecule has 5 nitrogen and oxygen atoms in total. The largest absolute Gasteiger partial charge is 0.433 e. The number of hydrogen-bond donors (Lipinski definition) is 2. The summed E-state index contributed by atoms with van der Waals surface area (Å²) in [6.07, 6.45) is -3.43. The van der Waals surface area contributed by atoms with Crippen molar-refractivity contribution in [2.75, 3.05) is 5.32 Å². The molecule has 0 spiro atoms. The monoisotopic (exact) mass is 450 g/mol. The number of aryl methyl sites for hydroxylation is 1. The summed E-state index contributed by atoms with van der Waals surface area (Å²) in [4.78, 5) is 16.1. The number of pyridine rings is 1. The fourth-order valence-electron chi connectivity index (χ4n) is 2.53. The summed E-state index contributed by atoms with van der Waals surface area (Å²) in [7, 11) is 0. The smallest absolute Gasteiger partial charge is 0.339 e. The predicted molar refractivity (Wildman–Crippen MR) is 110 cm³/mol. The van der Waals surface area contributed by atoms with Gasteiger partial charge in [-0.05, 0) is 54.4 Å². The maximum Gasteiger partial charge on any atom is 0.433 e. The molecule has 0 saturated heterocycles. The Morgan fingerprint density at radius 3 is 2.48 bits per heavy atom. The second-order valence-electron chi connectivity index (χ2n) is 6.43. The van der Waals surface area contributed by atoms with Crippen LogP contribution >= 0.6 is 11.6 Å². The van der Waals surface area contributed by atoms with Gasteiger partial charge < -0.3 is 5.32 Å². The lowest BCUT2D eigenvalue weighted by Crippen LogP contribution is -2.21. The van der Waals surface area contributed by atoms with Crippen molar-refractivity contribution < 1.29 is 22.4 Å². The summed E-state index contributed by atoms with van der Waals surface area (Å²) >= 11 is 5.96. The number of amides is 1. The van der Waals surface area contributed by atoms with Gasteiger partial charge in [-0.25, -0.2) is 14.8 Å². The number of aromatic nitrogens is 1. The molecule has 2 aromatic carbocycles. The van der Waals surface area contributed by atoms with Gasteiger partial charge in [-0.1, -0.05) is 29.8 Å². The van der Waals surface area contributed by atoms with Gasteiger partial charge in [0.15, 0.2) is 0 Å². The third-order valence-corrected chi connectivity index (χ3v) is 4.37. The highest BCUT2D eigenvalue weighted by molar-refractivity contribution is 6.30. The van der Waals surface area contributed by atoms with Crippen LogP contribution in [0.3, 0.4) is 0 Å². The number of alkyl halides is 3. The summed E-state index contributed by atoms with van der Waals surface area (Å²) in [6.45, 7) is 1.72. The van der Waals surface area contributed by atoms with E-state index in [4.69, 9.17) is 11.6 Å². The zero-order valence-corrected chi connectivity index (χ0v) is 16.7. The average molecular weight is 451 g/mol. The quantitative estimate of drug-likeness (QED) is 0.297. The van der Waals surface area contributed by atoms with Crippen LogP contribution in [0.2, 0.25) is 5.02 Å². The molecule has 0 aliphatic rings. The number of hydrazone groups is 1. The maximum atomic E-state index is 13.1. The van der Waals surface area contributed by atoms with E-state index in [0.29, 0.717) is 27.9 Å². The van der Waals surface area contributed by atoms with E-state index < -0.39 is 23.6 Å². The first kappa shape index (κ1) is 22.2. The van der Waals surface area contributed by atoms with Gasteiger partial charge in [-0.3, -0.25) is 4.79 Å². The van der Waals surface area contributed by atoms with Gasteiger partial charge in [0.25, 0.3) is 5.91 Å². The molecule has 0 unspecified atom stereocenters. The van der Waals surface area contributed by atoms with E-state index in [1.54, 1.807) is 19.1 Å². The van der Waals surface area contributed by atoms with Gasteiger partial charge in [0.1, 0.15) is 17.3 Å². The number of nitrogens with zero attached hydrogens (tertiary/aromatic N) is 2. The average Bonchev–Trinajstić information content (AvgIpc) is 2.71. The number of hydrogen-bond acceptors (Lipinski definition) is 4. The Bertz CT molecular complexity index is 1130. The van der Waals surface area contributed by atoms with E-state index in [1.807, 2.05) is 0 Å². The molecule has 10 heteroatoms. The predicted octanol–water partition coefficient (Wildman–Crippen LogP) is 5.71. The Kier molecular flexibility index (Phi) is 6.55. The highest BCUT2D eigenvalue weighted by atomic mass is 35.5. The Morgan fingerprint density at radius 2 is 1.81 bits per heavy atom. The number of halogens is 5. The lowest BCUT2D eigenvalue weighted by Gasteiger charge is -2.15. The third kappa shape index (κ3) is 5.79. The molecule has 1 aromatic heterocycles. The molecule has 0 radical (unpaired) electrons. The number of benzene rings is 2. The van der Waals surface area contributed by atoms with E-state index in [0.717, 1.165) is 6.07 Å². The summed E-state index contributed by atoms with van der Waals surface area (Å²) in [6, 6.07) is 11.8. The zero-order chi connectivity index (χ0) is 22.6. The molecule has 0 aliphatic heterocycles. The highest BCUT2D eigenvalue weighted by Gasteiger charge is 2.33. The van der Waals surface area contributed by atoms with Gasteiger partial charge in [0, 0.05) is 10.7 Å². The Morgan fingerprint density at radius 1 is 1.10 bits per heavy atom. The SMILES string of the molecule is Cc1ccc(Cl)cc1Nc1nc(C(F)(F)F)ccc1C(=O)N/N=C/c1ccc(F)cc1. The summed E-state index contributed by atoms with van der Waals surface area (Å²) < 4.78 is 52.4. The number of carbonyl (C=O) groups is 1. The van der Waals surface area contributed by atoms with Gasteiger partial charge in [-0.2, -0.15) is 18.3 Å². The van der Waals surface area contributed by atoms with Crippen molar-refractivity contribution in [3.05, 3.63) is 87.8 Å². The van der Waals surface area contributed by atoms with Crippen molar-refractivity contribution in [2.24, 2.45) is 5.10 Å². The van der Waals surface area contributed by atoms with Crippen LogP contribution in [0.1, 0.15) is 27.2 Å². The summed E-state index contributed by atoms with van der Waals surface area (Å²) in [5.74, 6) is -1.53. The van der Waals surface area contributed by atoms with E-state index >= 15 is 0 Å². The van der Waals surface area contributed by atoms with E-state index in [-0.39, 0.29) is 11.4 Å². The van der Waals surface area contributed by atoms with Gasteiger partial charge in [0.2, 0.25) is 0 Å². The van der Waals surface area contributed by atoms with Crippen LogP contribution in [0.25, 0.3) is 0 Å². The van der Waals surface area contributed by atoms with Crippen molar-refractivity contribution >= 4 is 35.2 Å². The first-order chi connectivity index (χ1) is 14.6. The summed E-state index contributed by atoms with van der Waals surface area (Å²) in [5, 5.41) is 6.85. The normalized spacial score (nSPS) is 11.5. The molecule has 0 saturated carbocycles. The van der Waals surface area contributed by atoms with Crippen LogP contribution < -0.4 is 10.7 Å². The van der Waals surface area contributed by atoms with Crippen molar-refractivity contribution in [3.63, 3.8) is 0 Å². The van der Waals surface area contributed by atoms with Crippen LogP contribution in [0.5, 0.6) is 0 Å². The van der Waals surface area contributed by atoms with Crippen LogP contribution in [0.15, 0.2) is 59.7 Å². The van der Waals surface area contributed by atoms with Crippen molar-refractivity contribution in [1.29, 1.82) is 0 Å². The number of anilines is 2. The second-order valence-corrected chi connectivity index (χ2v) is 6.86. The molecule has 31 heavy (non-hydrogen) atoms. The fourth-order valence-corrected chi connectivity index (χ4v) is 2.70. The molecule has 0 fully saturated rings. The minimum atomic E-state index is -4.70. The molecular weight excluding hydrogens is 436 g/mol. The highest BCUT2D eigenvalue weighted by Crippen LogP contribution is 2.31. The molecule has 2 N–H and O–H groups in total. The molecule has 3 aromatic rings. The van der Waals surface area contributed by atoms with Gasteiger partial charge >= 0.3 is 6.18 Å². The molecule has 0 aliphatic carbocycles. The van der Waals surface area contributed by atoms with Crippen LogP contribution in [0.4, 0.5) is 29.1 Å². The molecular formula is C21H15ClF4N4O. The minimum absolute atomic E-state index is 0.163. The van der Waals surface area contributed by atoms with E-state index in [1.165, 1.54) is 36.5 Å². The van der Waals surface area contributed by atoms with Crippen LogP contribution in [0, 0.1) is 12.7 Å². The van der Waals surface area contributed by atoms with Gasteiger partial charge in [0.05, 0.1) is 11.8 Å². The minimum Gasteiger partial charge on any atom is -0.339 e. The number of nitrogens with one attached hydrogen (secondary N) is 2. The van der Waals surface area contributed by atoms with E-state index in [2.05, 4.69) is 20.8 Å². The molecule has 1 heterocycles. The first-order valence-electron chi connectivity index (χ1n) is 8.84. The molecule has 1 amide bonds. The van der Waals surface area contributed by atoms with Crippen LogP contribution in [-0.2, 0) is 6.18 Å². The number of carbonyl (C=O) groups excluding carboxylic acids is 1. The molecule has 160 valence electrons. The molecule has 0 atom stereocenters. The summed E-state index contributed by atoms with van der Waals surface area (Å²) in [5.41, 5.74) is 2.48. The zero-order valence-electron chi connectivity index (χ0n) is 16.0. The topological polar surface area (TPSA) is 66.4 Å². The lowest BCUT2D eigenvalue weighted by atomic mass is 10.1. The Hall–Kier alpha value is -3.46. The molecule has 0 bridgehead atoms.